The van der Waals surface area contributed by atoms with Gasteiger partial charge in [0.1, 0.15) is 5.75 Å². The largest absolute Gasteiger partial charge is 0.497 e. The molecule has 1 aromatic rings. The maximum absolute atomic E-state index is 5.34. The van der Waals surface area contributed by atoms with Gasteiger partial charge in [-0.05, 0) is 37.1 Å². The van der Waals surface area contributed by atoms with Gasteiger partial charge in [0.2, 0.25) is 0 Å². The standard InChI is InChI=1S/C18H31NO/c1-4-6-7-8-9-13-18(19-14-5-2)16-11-10-12-17(15-16)20-3/h10-12,15,18-19H,4-9,13-14H2,1-3H3. The zero-order valence-electron chi connectivity index (χ0n) is 13.5. The van der Waals surface area contributed by atoms with E-state index in [1.54, 1.807) is 7.11 Å². The summed E-state index contributed by atoms with van der Waals surface area (Å²) in [5.74, 6) is 0.955. The molecule has 0 aliphatic heterocycles. The molecule has 0 amide bonds. The predicted molar refractivity (Wildman–Crippen MR) is 87.4 cm³/mol. The minimum Gasteiger partial charge on any atom is -0.497 e. The van der Waals surface area contributed by atoms with Crippen molar-refractivity contribution in [1.82, 2.24) is 5.32 Å². The van der Waals surface area contributed by atoms with Gasteiger partial charge in [0.05, 0.1) is 7.11 Å². The summed E-state index contributed by atoms with van der Waals surface area (Å²) < 4.78 is 5.34. The molecule has 0 aromatic heterocycles. The van der Waals surface area contributed by atoms with Gasteiger partial charge in [-0.25, -0.2) is 0 Å². The van der Waals surface area contributed by atoms with E-state index in [9.17, 15) is 0 Å². The smallest absolute Gasteiger partial charge is 0.119 e. The number of hydrogen-bond donors (Lipinski definition) is 1. The molecule has 1 aromatic carbocycles. The molecule has 0 bridgehead atoms. The summed E-state index contributed by atoms with van der Waals surface area (Å²) in [6.45, 7) is 5.57. The Kier molecular flexibility index (Phi) is 9.14. The van der Waals surface area contributed by atoms with Gasteiger partial charge >= 0.3 is 0 Å². The van der Waals surface area contributed by atoms with Gasteiger partial charge in [0.15, 0.2) is 0 Å². The van der Waals surface area contributed by atoms with Crippen LogP contribution in [0.25, 0.3) is 0 Å². The Hall–Kier alpha value is -1.02. The lowest BCUT2D eigenvalue weighted by atomic mass is 9.99. The molecule has 0 heterocycles. The first-order valence-electron chi connectivity index (χ1n) is 8.19. The van der Waals surface area contributed by atoms with Gasteiger partial charge in [-0.15, -0.1) is 0 Å². The van der Waals surface area contributed by atoms with E-state index in [4.69, 9.17) is 4.74 Å². The second kappa shape index (κ2) is 10.7. The SMILES string of the molecule is CCCCCCCC(NCCC)c1cccc(OC)c1. The molecule has 2 heteroatoms. The molecule has 1 atom stereocenters. The van der Waals surface area contributed by atoms with Crippen LogP contribution in [0.15, 0.2) is 24.3 Å². The average molecular weight is 277 g/mol. The number of ether oxygens (including phenoxy) is 1. The Balaban J connectivity index is 2.53. The van der Waals surface area contributed by atoms with Crippen molar-refractivity contribution in [2.75, 3.05) is 13.7 Å². The normalized spacial score (nSPS) is 12.3. The van der Waals surface area contributed by atoms with Crippen molar-refractivity contribution in [2.45, 2.75) is 64.8 Å². The molecule has 0 saturated carbocycles. The molecule has 0 saturated heterocycles. The molecular weight excluding hydrogens is 246 g/mol. The van der Waals surface area contributed by atoms with Crippen molar-refractivity contribution in [2.24, 2.45) is 0 Å². The molecule has 0 fully saturated rings. The van der Waals surface area contributed by atoms with Crippen LogP contribution < -0.4 is 10.1 Å². The van der Waals surface area contributed by atoms with Crippen LogP contribution in [0.5, 0.6) is 5.75 Å². The van der Waals surface area contributed by atoms with Crippen molar-refractivity contribution in [3.8, 4) is 5.75 Å². The molecule has 0 radical (unpaired) electrons. The summed E-state index contributed by atoms with van der Waals surface area (Å²) in [6.07, 6.45) is 9.10. The molecule has 2 nitrogen and oxygen atoms in total. The van der Waals surface area contributed by atoms with Crippen LogP contribution in [-0.4, -0.2) is 13.7 Å². The topological polar surface area (TPSA) is 21.3 Å². The lowest BCUT2D eigenvalue weighted by Crippen LogP contribution is -2.22. The van der Waals surface area contributed by atoms with Crippen LogP contribution in [-0.2, 0) is 0 Å². The van der Waals surface area contributed by atoms with Crippen molar-refractivity contribution in [3.05, 3.63) is 29.8 Å². The Morgan fingerprint density at radius 3 is 2.55 bits per heavy atom. The number of nitrogens with one attached hydrogen (secondary N) is 1. The summed E-state index contributed by atoms with van der Waals surface area (Å²) >= 11 is 0. The van der Waals surface area contributed by atoms with E-state index in [0.717, 1.165) is 12.3 Å². The third-order valence-electron chi connectivity index (χ3n) is 3.73. The molecule has 1 unspecified atom stereocenters. The van der Waals surface area contributed by atoms with Crippen molar-refractivity contribution >= 4 is 0 Å². The van der Waals surface area contributed by atoms with Crippen LogP contribution in [0.2, 0.25) is 0 Å². The van der Waals surface area contributed by atoms with Gasteiger partial charge in [-0.2, -0.15) is 0 Å². The Bertz CT molecular complexity index is 351. The Morgan fingerprint density at radius 1 is 1.05 bits per heavy atom. The summed E-state index contributed by atoms with van der Waals surface area (Å²) in [4.78, 5) is 0. The number of methoxy groups -OCH3 is 1. The quantitative estimate of drug-likeness (QED) is 0.568. The summed E-state index contributed by atoms with van der Waals surface area (Å²) in [7, 11) is 1.73. The zero-order valence-corrected chi connectivity index (χ0v) is 13.5. The first-order valence-corrected chi connectivity index (χ1v) is 8.19. The first-order chi connectivity index (χ1) is 9.81. The van der Waals surface area contributed by atoms with Gasteiger partial charge in [-0.3, -0.25) is 0 Å². The van der Waals surface area contributed by atoms with E-state index in [1.807, 2.05) is 6.07 Å². The lowest BCUT2D eigenvalue weighted by Gasteiger charge is -2.19. The number of unbranched alkanes of at least 4 members (excludes halogenated alkanes) is 4. The molecular formula is C18H31NO. The van der Waals surface area contributed by atoms with Gasteiger partial charge < -0.3 is 10.1 Å². The summed E-state index contributed by atoms with van der Waals surface area (Å²) in [5.41, 5.74) is 1.35. The van der Waals surface area contributed by atoms with Crippen LogP contribution >= 0.6 is 0 Å². The summed E-state index contributed by atoms with van der Waals surface area (Å²) in [6, 6.07) is 8.95. The zero-order chi connectivity index (χ0) is 14.6. The molecule has 1 N–H and O–H groups in total. The van der Waals surface area contributed by atoms with Crippen LogP contribution in [0, 0.1) is 0 Å². The fourth-order valence-electron chi connectivity index (χ4n) is 2.52. The highest BCUT2D eigenvalue weighted by Gasteiger charge is 2.10. The number of rotatable bonds is 11. The van der Waals surface area contributed by atoms with Crippen molar-refractivity contribution in [3.63, 3.8) is 0 Å². The van der Waals surface area contributed by atoms with Crippen LogP contribution in [0.1, 0.15) is 70.4 Å². The number of hydrogen-bond acceptors (Lipinski definition) is 2. The molecule has 0 aliphatic carbocycles. The monoisotopic (exact) mass is 277 g/mol. The fraction of sp³-hybridized carbons (Fsp3) is 0.667. The van der Waals surface area contributed by atoms with E-state index in [2.05, 4.69) is 37.4 Å². The summed E-state index contributed by atoms with van der Waals surface area (Å²) in [5, 5.41) is 3.67. The van der Waals surface area contributed by atoms with Crippen molar-refractivity contribution < 1.29 is 4.74 Å². The van der Waals surface area contributed by atoms with Gasteiger partial charge in [0, 0.05) is 6.04 Å². The van der Waals surface area contributed by atoms with E-state index >= 15 is 0 Å². The minimum absolute atomic E-state index is 0.465. The predicted octanol–water partition coefficient (Wildman–Crippen LogP) is 5.10. The highest BCUT2D eigenvalue weighted by atomic mass is 16.5. The Morgan fingerprint density at radius 2 is 1.85 bits per heavy atom. The van der Waals surface area contributed by atoms with Crippen LogP contribution in [0.3, 0.4) is 0 Å². The molecule has 0 aliphatic rings. The van der Waals surface area contributed by atoms with E-state index in [1.165, 1.54) is 50.5 Å². The molecule has 0 spiro atoms. The second-order valence-electron chi connectivity index (χ2n) is 5.49. The van der Waals surface area contributed by atoms with Crippen molar-refractivity contribution in [1.29, 1.82) is 0 Å². The highest BCUT2D eigenvalue weighted by molar-refractivity contribution is 5.30. The lowest BCUT2D eigenvalue weighted by molar-refractivity contribution is 0.411. The highest BCUT2D eigenvalue weighted by Crippen LogP contribution is 2.24. The Labute approximate surface area is 124 Å². The fourth-order valence-corrected chi connectivity index (χ4v) is 2.52. The third kappa shape index (κ3) is 6.42. The molecule has 1 rings (SSSR count). The van der Waals surface area contributed by atoms with E-state index in [-0.39, 0.29) is 0 Å². The maximum Gasteiger partial charge on any atom is 0.119 e. The first kappa shape index (κ1) is 17.0. The average Bonchev–Trinajstić information content (AvgIpc) is 2.50. The van der Waals surface area contributed by atoms with Gasteiger partial charge in [-0.1, -0.05) is 58.1 Å². The van der Waals surface area contributed by atoms with E-state index < -0.39 is 0 Å². The molecule has 20 heavy (non-hydrogen) atoms. The van der Waals surface area contributed by atoms with Crippen LogP contribution in [0.4, 0.5) is 0 Å². The minimum atomic E-state index is 0.465. The maximum atomic E-state index is 5.34. The molecule has 114 valence electrons. The number of benzene rings is 1. The third-order valence-corrected chi connectivity index (χ3v) is 3.73. The second-order valence-corrected chi connectivity index (χ2v) is 5.49. The van der Waals surface area contributed by atoms with Gasteiger partial charge in [0.25, 0.3) is 0 Å². The van der Waals surface area contributed by atoms with E-state index in [0.29, 0.717) is 6.04 Å².